The van der Waals surface area contributed by atoms with Gasteiger partial charge in [0.15, 0.2) is 0 Å². The number of ether oxygens (including phenoxy) is 1. The molecule has 0 unspecified atom stereocenters. The van der Waals surface area contributed by atoms with Crippen molar-refractivity contribution in [2.75, 3.05) is 7.11 Å². The summed E-state index contributed by atoms with van der Waals surface area (Å²) in [6, 6.07) is 21.2. The molecule has 0 saturated carbocycles. The van der Waals surface area contributed by atoms with Gasteiger partial charge in [-0.1, -0.05) is 30.3 Å². The fourth-order valence-electron chi connectivity index (χ4n) is 2.10. The Morgan fingerprint density at radius 2 is 1.62 bits per heavy atom. The highest BCUT2D eigenvalue weighted by Gasteiger charge is 2.12. The predicted molar refractivity (Wildman–Crippen MR) is 86.2 cm³/mol. The Bertz CT molecular complexity index is 742. The first-order chi connectivity index (χ1) is 10.3. The van der Waals surface area contributed by atoms with Crippen LogP contribution in [0.3, 0.4) is 0 Å². The molecule has 3 heteroatoms. The Morgan fingerprint density at radius 3 is 2.29 bits per heavy atom. The molecule has 0 fully saturated rings. The summed E-state index contributed by atoms with van der Waals surface area (Å²) in [6.07, 6.45) is 0. The number of ketones is 1. The minimum atomic E-state index is 0.0461. The van der Waals surface area contributed by atoms with Crippen molar-refractivity contribution in [2.24, 2.45) is 0 Å². The van der Waals surface area contributed by atoms with E-state index in [1.54, 1.807) is 31.4 Å². The molecule has 0 bridgehead atoms. The van der Waals surface area contributed by atoms with Crippen LogP contribution in [0, 0.1) is 0 Å². The lowest BCUT2D eigenvalue weighted by Gasteiger charge is -2.01. The maximum absolute atomic E-state index is 12.5. The van der Waals surface area contributed by atoms with Gasteiger partial charge < -0.3 is 4.74 Å². The van der Waals surface area contributed by atoms with Crippen molar-refractivity contribution >= 4 is 17.1 Å². The van der Waals surface area contributed by atoms with Crippen LogP contribution < -0.4 is 4.74 Å². The normalized spacial score (nSPS) is 10.3. The van der Waals surface area contributed by atoms with Crippen molar-refractivity contribution in [3.05, 3.63) is 77.2 Å². The first-order valence-electron chi connectivity index (χ1n) is 6.62. The molecule has 104 valence electrons. The second-order valence-corrected chi connectivity index (χ2v) is 5.67. The molecular formula is C18H14O2S. The number of rotatable bonds is 4. The Kier molecular flexibility index (Phi) is 3.84. The number of methoxy groups -OCH3 is 1. The molecule has 2 nitrogen and oxygen atoms in total. The molecule has 0 N–H and O–H groups in total. The number of hydrogen-bond donors (Lipinski definition) is 0. The minimum absolute atomic E-state index is 0.0461. The quantitative estimate of drug-likeness (QED) is 0.654. The van der Waals surface area contributed by atoms with E-state index in [0.29, 0.717) is 5.56 Å². The van der Waals surface area contributed by atoms with E-state index >= 15 is 0 Å². The SMILES string of the molecule is COc1ccc(C(=O)c2ccc(-c3ccccc3)s2)cc1. The molecule has 21 heavy (non-hydrogen) atoms. The lowest BCUT2D eigenvalue weighted by molar-refractivity contribution is 0.104. The molecule has 0 atom stereocenters. The van der Waals surface area contributed by atoms with Gasteiger partial charge in [0.2, 0.25) is 5.78 Å². The maximum atomic E-state index is 12.5. The minimum Gasteiger partial charge on any atom is -0.497 e. The van der Waals surface area contributed by atoms with Crippen molar-refractivity contribution < 1.29 is 9.53 Å². The van der Waals surface area contributed by atoms with Gasteiger partial charge >= 0.3 is 0 Å². The first kappa shape index (κ1) is 13.6. The Balaban J connectivity index is 1.87. The zero-order chi connectivity index (χ0) is 14.7. The summed E-state index contributed by atoms with van der Waals surface area (Å²) in [6.45, 7) is 0. The summed E-state index contributed by atoms with van der Waals surface area (Å²) in [7, 11) is 1.61. The van der Waals surface area contributed by atoms with Gasteiger partial charge in [-0.3, -0.25) is 4.79 Å². The Hall–Kier alpha value is -2.39. The maximum Gasteiger partial charge on any atom is 0.202 e. The van der Waals surface area contributed by atoms with E-state index in [-0.39, 0.29) is 5.78 Å². The van der Waals surface area contributed by atoms with Crippen LogP contribution in [-0.4, -0.2) is 12.9 Å². The van der Waals surface area contributed by atoms with Gasteiger partial charge in [0.1, 0.15) is 5.75 Å². The largest absolute Gasteiger partial charge is 0.497 e. The van der Waals surface area contributed by atoms with Crippen molar-refractivity contribution in [1.29, 1.82) is 0 Å². The number of carbonyl (C=O) groups excluding carboxylic acids is 1. The monoisotopic (exact) mass is 294 g/mol. The molecule has 0 amide bonds. The number of thiophene rings is 1. The van der Waals surface area contributed by atoms with Crippen LogP contribution in [0.2, 0.25) is 0 Å². The highest BCUT2D eigenvalue weighted by atomic mass is 32.1. The van der Waals surface area contributed by atoms with E-state index in [2.05, 4.69) is 0 Å². The topological polar surface area (TPSA) is 26.3 Å². The third kappa shape index (κ3) is 2.88. The van der Waals surface area contributed by atoms with Crippen molar-refractivity contribution in [3.63, 3.8) is 0 Å². The van der Waals surface area contributed by atoms with Gasteiger partial charge in [-0.05, 0) is 42.0 Å². The summed E-state index contributed by atoms with van der Waals surface area (Å²) in [5.74, 6) is 0.799. The van der Waals surface area contributed by atoms with E-state index in [9.17, 15) is 4.79 Å². The molecule has 0 radical (unpaired) electrons. The molecule has 0 saturated heterocycles. The van der Waals surface area contributed by atoms with E-state index in [4.69, 9.17) is 4.74 Å². The molecule has 0 aliphatic carbocycles. The zero-order valence-corrected chi connectivity index (χ0v) is 12.4. The van der Waals surface area contributed by atoms with Crippen LogP contribution in [-0.2, 0) is 0 Å². The average molecular weight is 294 g/mol. The Morgan fingerprint density at radius 1 is 0.905 bits per heavy atom. The van der Waals surface area contributed by atoms with Crippen LogP contribution in [0.15, 0.2) is 66.7 Å². The number of benzene rings is 2. The smallest absolute Gasteiger partial charge is 0.202 e. The molecule has 1 heterocycles. The van der Waals surface area contributed by atoms with Crippen molar-refractivity contribution in [3.8, 4) is 16.2 Å². The summed E-state index contributed by atoms with van der Waals surface area (Å²) < 4.78 is 5.11. The fraction of sp³-hybridized carbons (Fsp3) is 0.0556. The Labute approximate surface area is 127 Å². The summed E-state index contributed by atoms with van der Waals surface area (Å²) in [5, 5.41) is 0. The second kappa shape index (κ2) is 5.94. The van der Waals surface area contributed by atoms with E-state index in [1.807, 2.05) is 42.5 Å². The fourth-order valence-corrected chi connectivity index (χ4v) is 3.08. The summed E-state index contributed by atoms with van der Waals surface area (Å²) in [4.78, 5) is 14.3. The van der Waals surface area contributed by atoms with Crippen LogP contribution in [0.4, 0.5) is 0 Å². The molecule has 2 aromatic carbocycles. The number of hydrogen-bond acceptors (Lipinski definition) is 3. The highest BCUT2D eigenvalue weighted by Crippen LogP contribution is 2.29. The predicted octanol–water partition coefficient (Wildman–Crippen LogP) is 4.65. The van der Waals surface area contributed by atoms with Gasteiger partial charge in [-0.15, -0.1) is 11.3 Å². The van der Waals surface area contributed by atoms with Crippen LogP contribution in [0.25, 0.3) is 10.4 Å². The van der Waals surface area contributed by atoms with E-state index < -0.39 is 0 Å². The highest BCUT2D eigenvalue weighted by molar-refractivity contribution is 7.17. The van der Waals surface area contributed by atoms with Crippen molar-refractivity contribution in [2.45, 2.75) is 0 Å². The number of carbonyl (C=O) groups is 1. The average Bonchev–Trinajstić information content (AvgIpc) is 3.05. The summed E-state index contributed by atoms with van der Waals surface area (Å²) in [5.41, 5.74) is 1.81. The van der Waals surface area contributed by atoms with Gasteiger partial charge in [0.25, 0.3) is 0 Å². The van der Waals surface area contributed by atoms with Gasteiger partial charge in [-0.25, -0.2) is 0 Å². The molecule has 0 aliphatic rings. The van der Waals surface area contributed by atoms with Gasteiger partial charge in [0, 0.05) is 10.4 Å². The van der Waals surface area contributed by atoms with Gasteiger partial charge in [0.05, 0.1) is 12.0 Å². The third-order valence-electron chi connectivity index (χ3n) is 3.24. The standard InChI is InChI=1S/C18H14O2S/c1-20-15-9-7-14(8-10-15)18(19)17-12-11-16(21-17)13-5-3-2-4-6-13/h2-12H,1H3. The summed E-state index contributed by atoms with van der Waals surface area (Å²) >= 11 is 1.52. The van der Waals surface area contributed by atoms with E-state index in [1.165, 1.54) is 11.3 Å². The molecular weight excluding hydrogens is 280 g/mol. The zero-order valence-electron chi connectivity index (χ0n) is 11.6. The van der Waals surface area contributed by atoms with Gasteiger partial charge in [-0.2, -0.15) is 0 Å². The molecule has 0 spiro atoms. The van der Waals surface area contributed by atoms with Crippen molar-refractivity contribution in [1.82, 2.24) is 0 Å². The first-order valence-corrected chi connectivity index (χ1v) is 7.43. The molecule has 1 aromatic heterocycles. The molecule has 3 aromatic rings. The molecule has 0 aliphatic heterocycles. The van der Waals surface area contributed by atoms with E-state index in [0.717, 1.165) is 21.1 Å². The third-order valence-corrected chi connectivity index (χ3v) is 4.37. The van der Waals surface area contributed by atoms with Crippen LogP contribution >= 0.6 is 11.3 Å². The second-order valence-electron chi connectivity index (χ2n) is 4.59. The molecule has 3 rings (SSSR count). The van der Waals surface area contributed by atoms with Crippen LogP contribution in [0.1, 0.15) is 15.2 Å². The van der Waals surface area contributed by atoms with Crippen LogP contribution in [0.5, 0.6) is 5.75 Å². The lowest BCUT2D eigenvalue weighted by Crippen LogP contribution is -1.98. The lowest BCUT2D eigenvalue weighted by atomic mass is 10.1.